The molecule has 0 nitrogen and oxygen atoms in total. The van der Waals surface area contributed by atoms with Crippen LogP contribution in [0.5, 0.6) is 0 Å². The van der Waals surface area contributed by atoms with Gasteiger partial charge in [-0.05, 0) is 122 Å². The maximum absolute atomic E-state index is 2.60. The van der Waals surface area contributed by atoms with E-state index >= 15 is 0 Å². The molecule has 0 unspecified atom stereocenters. The summed E-state index contributed by atoms with van der Waals surface area (Å²) in [7, 11) is -2.10. The molecule has 0 amide bonds. The third-order valence-corrected chi connectivity index (χ3v) is 16.0. The van der Waals surface area contributed by atoms with Crippen molar-refractivity contribution in [3.63, 3.8) is 0 Å². The third-order valence-electron chi connectivity index (χ3n) is 12.5. The molecule has 1 aliphatic heterocycles. The van der Waals surface area contributed by atoms with Crippen LogP contribution in [-0.4, -0.2) is 8.07 Å². The fraction of sp³-hybridized carbons (Fsp3) is 0.0357. The predicted octanol–water partition coefficient (Wildman–Crippen LogP) is 14.3. The van der Waals surface area contributed by atoms with Gasteiger partial charge in [-0.3, -0.25) is 0 Å². The van der Waals surface area contributed by atoms with Crippen molar-refractivity contribution in [2.75, 3.05) is 0 Å². The molecule has 0 aromatic heterocycles. The van der Waals surface area contributed by atoms with E-state index in [2.05, 4.69) is 219 Å². The van der Waals surface area contributed by atoms with Crippen LogP contribution in [0.4, 0.5) is 0 Å². The highest BCUT2D eigenvalue weighted by Gasteiger charge is 2.38. The van der Waals surface area contributed by atoms with Crippen molar-refractivity contribution in [1.82, 2.24) is 0 Å². The van der Waals surface area contributed by atoms with Crippen LogP contribution in [0.15, 0.2) is 206 Å². The zero-order valence-electron chi connectivity index (χ0n) is 32.1. The molecule has 268 valence electrons. The SMILES string of the molecule is C[Si]1(C)c2cc(-c3ccc4ccccc4c3)ccc2-c2cc3c(-c4ccc(-c5ccccc5)cc4)c4ccccc4c(-c4ccc(-c5ccccc5)cc4)c3cc21. The van der Waals surface area contributed by atoms with E-state index in [0.717, 1.165) is 0 Å². The maximum atomic E-state index is 2.60. The number of hydrogen-bond donors (Lipinski definition) is 0. The summed E-state index contributed by atoms with van der Waals surface area (Å²) in [6.07, 6.45) is 0. The fourth-order valence-electron chi connectivity index (χ4n) is 9.49. The summed E-state index contributed by atoms with van der Waals surface area (Å²) in [5.74, 6) is 0. The second-order valence-corrected chi connectivity index (χ2v) is 20.4. The number of fused-ring (bicyclic) bond motifs is 6. The Labute approximate surface area is 335 Å². The van der Waals surface area contributed by atoms with E-state index in [0.29, 0.717) is 0 Å². The summed E-state index contributed by atoms with van der Waals surface area (Å²) in [4.78, 5) is 0. The van der Waals surface area contributed by atoms with Gasteiger partial charge < -0.3 is 0 Å². The molecule has 0 atom stereocenters. The second kappa shape index (κ2) is 13.2. The molecular formula is C56H40Si. The summed E-state index contributed by atoms with van der Waals surface area (Å²) in [5, 5.41) is 10.8. The largest absolute Gasteiger partial charge is 0.113 e. The molecule has 1 heterocycles. The Balaban J connectivity index is 1.15. The Morgan fingerprint density at radius 1 is 0.263 bits per heavy atom. The zero-order valence-corrected chi connectivity index (χ0v) is 33.1. The summed E-state index contributed by atoms with van der Waals surface area (Å²) < 4.78 is 0. The van der Waals surface area contributed by atoms with Crippen molar-refractivity contribution in [3.05, 3.63) is 206 Å². The highest BCUT2D eigenvalue weighted by molar-refractivity contribution is 7.04. The minimum Gasteiger partial charge on any atom is -0.0622 e. The van der Waals surface area contributed by atoms with E-state index in [4.69, 9.17) is 0 Å². The Kier molecular flexibility index (Phi) is 7.74. The van der Waals surface area contributed by atoms with Crippen molar-refractivity contribution in [2.45, 2.75) is 13.1 Å². The van der Waals surface area contributed by atoms with E-state index < -0.39 is 8.07 Å². The Morgan fingerprint density at radius 3 is 1.28 bits per heavy atom. The fourth-order valence-corrected chi connectivity index (χ4v) is 12.6. The number of rotatable bonds is 5. The first kappa shape index (κ1) is 33.5. The highest BCUT2D eigenvalue weighted by atomic mass is 28.3. The molecule has 0 saturated heterocycles. The lowest BCUT2D eigenvalue weighted by molar-refractivity contribution is 1.60. The van der Waals surface area contributed by atoms with Gasteiger partial charge in [0.1, 0.15) is 8.07 Å². The van der Waals surface area contributed by atoms with Gasteiger partial charge >= 0.3 is 0 Å². The van der Waals surface area contributed by atoms with E-state index in [-0.39, 0.29) is 0 Å². The molecule has 0 bridgehead atoms. The third kappa shape index (κ3) is 5.50. The first-order valence-corrected chi connectivity index (χ1v) is 23.0. The topological polar surface area (TPSA) is 0 Å². The number of benzene rings is 10. The van der Waals surface area contributed by atoms with Crippen LogP contribution in [0, 0.1) is 0 Å². The maximum Gasteiger partial charge on any atom is 0.113 e. The highest BCUT2D eigenvalue weighted by Crippen LogP contribution is 2.46. The minimum absolute atomic E-state index is 1.23. The van der Waals surface area contributed by atoms with E-state index in [1.165, 1.54) is 109 Å². The molecule has 0 fully saturated rings. The number of hydrogen-bond acceptors (Lipinski definition) is 0. The Morgan fingerprint density at radius 2 is 0.684 bits per heavy atom. The first-order chi connectivity index (χ1) is 28.0. The normalized spacial score (nSPS) is 12.9. The molecule has 0 radical (unpaired) electrons. The molecule has 11 rings (SSSR count). The van der Waals surface area contributed by atoms with Crippen molar-refractivity contribution in [1.29, 1.82) is 0 Å². The van der Waals surface area contributed by atoms with Gasteiger partial charge in [0, 0.05) is 0 Å². The van der Waals surface area contributed by atoms with Crippen LogP contribution < -0.4 is 10.4 Å². The van der Waals surface area contributed by atoms with Crippen LogP contribution in [-0.2, 0) is 0 Å². The van der Waals surface area contributed by atoms with Crippen molar-refractivity contribution in [3.8, 4) is 66.8 Å². The Bertz CT molecular complexity index is 3160. The van der Waals surface area contributed by atoms with Crippen molar-refractivity contribution in [2.24, 2.45) is 0 Å². The molecule has 0 N–H and O–H groups in total. The van der Waals surface area contributed by atoms with Crippen LogP contribution in [0.1, 0.15) is 0 Å². The molecule has 0 aliphatic carbocycles. The average molecular weight is 741 g/mol. The van der Waals surface area contributed by atoms with Crippen molar-refractivity contribution >= 4 is 50.8 Å². The van der Waals surface area contributed by atoms with Gasteiger partial charge in [0.15, 0.2) is 0 Å². The summed E-state index contributed by atoms with van der Waals surface area (Å²) in [5.41, 5.74) is 15.4. The van der Waals surface area contributed by atoms with Crippen LogP contribution in [0.3, 0.4) is 0 Å². The van der Waals surface area contributed by atoms with Crippen LogP contribution in [0.25, 0.3) is 99.1 Å². The van der Waals surface area contributed by atoms with Crippen LogP contribution in [0.2, 0.25) is 13.1 Å². The smallest absolute Gasteiger partial charge is 0.0622 e. The molecule has 0 saturated carbocycles. The monoisotopic (exact) mass is 740 g/mol. The van der Waals surface area contributed by atoms with Gasteiger partial charge in [-0.15, -0.1) is 0 Å². The Hall–Kier alpha value is -6.80. The van der Waals surface area contributed by atoms with Gasteiger partial charge in [0.2, 0.25) is 0 Å². The van der Waals surface area contributed by atoms with Crippen molar-refractivity contribution < 1.29 is 0 Å². The van der Waals surface area contributed by atoms with Gasteiger partial charge in [0.25, 0.3) is 0 Å². The van der Waals surface area contributed by atoms with Crippen LogP contribution >= 0.6 is 0 Å². The molecule has 1 heteroatoms. The van der Waals surface area contributed by atoms with Gasteiger partial charge in [-0.2, -0.15) is 0 Å². The molecule has 10 aromatic carbocycles. The zero-order chi connectivity index (χ0) is 38.1. The van der Waals surface area contributed by atoms with E-state index in [1.54, 1.807) is 0 Å². The quantitative estimate of drug-likeness (QED) is 0.122. The summed E-state index contributed by atoms with van der Waals surface area (Å²) in [6, 6.07) is 76.9. The van der Waals surface area contributed by atoms with Gasteiger partial charge in [-0.25, -0.2) is 0 Å². The van der Waals surface area contributed by atoms with Gasteiger partial charge in [0.05, 0.1) is 0 Å². The average Bonchev–Trinajstić information content (AvgIpc) is 3.49. The molecular weight excluding hydrogens is 701 g/mol. The van der Waals surface area contributed by atoms with E-state index in [1.807, 2.05) is 0 Å². The lowest BCUT2D eigenvalue weighted by atomic mass is 9.84. The molecule has 10 aromatic rings. The lowest BCUT2D eigenvalue weighted by Gasteiger charge is -2.23. The molecule has 0 spiro atoms. The predicted molar refractivity (Wildman–Crippen MR) is 248 cm³/mol. The summed E-state index contributed by atoms with van der Waals surface area (Å²) >= 11 is 0. The summed E-state index contributed by atoms with van der Waals surface area (Å²) in [6.45, 7) is 5.10. The lowest BCUT2D eigenvalue weighted by Crippen LogP contribution is -2.49. The van der Waals surface area contributed by atoms with Gasteiger partial charge in [-0.1, -0.05) is 207 Å². The molecule has 57 heavy (non-hydrogen) atoms. The standard InChI is InChI=1S/C56H40Si/c1-57(2)53-34-46(45-30-25-39-17-9-10-18-44(39)33-45)31-32-47(53)50-35-51-52(36-54(50)57)56(43-28-23-41(24-29-43)38-15-7-4-8-16-38)49-20-12-11-19-48(49)55(51)42-26-21-40(22-27-42)37-13-5-3-6-14-37/h3-36H,1-2H3. The van der Waals surface area contributed by atoms with E-state index in [9.17, 15) is 0 Å². The second-order valence-electron chi connectivity index (χ2n) is 16.1. The molecule has 1 aliphatic rings. The minimum atomic E-state index is -2.10. The first-order valence-electron chi connectivity index (χ1n) is 20.0.